The van der Waals surface area contributed by atoms with E-state index in [4.69, 9.17) is 16.3 Å². The molecule has 5 rings (SSSR count). The highest BCUT2D eigenvalue weighted by Crippen LogP contribution is 2.27. The van der Waals surface area contributed by atoms with Crippen molar-refractivity contribution in [3.8, 4) is 16.3 Å². The Hall–Kier alpha value is -2.83. The fraction of sp³-hybridized carbons (Fsp3) is 0.261. The van der Waals surface area contributed by atoms with Gasteiger partial charge in [-0.15, -0.1) is 20.4 Å². The minimum absolute atomic E-state index is 0.156. The first-order valence-corrected chi connectivity index (χ1v) is 13.2. The number of carbonyl (C=O) groups excluding carboxylic acids is 1. The summed E-state index contributed by atoms with van der Waals surface area (Å²) in [6.07, 6.45) is 0. The van der Waals surface area contributed by atoms with Gasteiger partial charge in [-0.3, -0.25) is 19.6 Å². The van der Waals surface area contributed by atoms with E-state index in [2.05, 4.69) is 30.6 Å². The Morgan fingerprint density at radius 1 is 1.03 bits per heavy atom. The minimum Gasteiger partial charge on any atom is -0.379 e. The third-order valence-electron chi connectivity index (χ3n) is 5.28. The molecule has 1 fully saturated rings. The van der Waals surface area contributed by atoms with E-state index < -0.39 is 0 Å². The third-order valence-corrected chi connectivity index (χ3v) is 7.35. The molecule has 12 heteroatoms. The number of halogens is 1. The van der Waals surface area contributed by atoms with Crippen LogP contribution in [-0.4, -0.2) is 67.8 Å². The first kappa shape index (κ1) is 23.9. The predicted molar refractivity (Wildman–Crippen MR) is 137 cm³/mol. The monoisotopic (exact) mass is 527 g/mol. The van der Waals surface area contributed by atoms with Crippen molar-refractivity contribution in [3.05, 3.63) is 65.4 Å². The SMILES string of the molecule is O=C(CSc1nnc(CN2CCOCC2)n1-c1ccc(Cl)cc1)Nc1nnc(-c2ccccc2)s1. The van der Waals surface area contributed by atoms with Crippen LogP contribution in [0.2, 0.25) is 5.02 Å². The third kappa shape index (κ3) is 6.06. The summed E-state index contributed by atoms with van der Waals surface area (Å²) in [7, 11) is 0. The molecule has 0 atom stereocenters. The summed E-state index contributed by atoms with van der Waals surface area (Å²) >= 11 is 8.75. The summed E-state index contributed by atoms with van der Waals surface area (Å²) in [5, 5.41) is 22.4. The molecule has 1 aliphatic rings. The molecule has 9 nitrogen and oxygen atoms in total. The van der Waals surface area contributed by atoms with Gasteiger partial charge in [0.25, 0.3) is 0 Å². The molecule has 0 unspecified atom stereocenters. The minimum atomic E-state index is -0.189. The average molecular weight is 528 g/mol. The summed E-state index contributed by atoms with van der Waals surface area (Å²) in [5.41, 5.74) is 1.85. The van der Waals surface area contributed by atoms with E-state index in [1.54, 1.807) is 0 Å². The van der Waals surface area contributed by atoms with Gasteiger partial charge in [0, 0.05) is 29.4 Å². The normalized spacial score (nSPS) is 14.2. The van der Waals surface area contributed by atoms with Crippen LogP contribution in [0.15, 0.2) is 59.8 Å². The van der Waals surface area contributed by atoms with Crippen molar-refractivity contribution >= 4 is 45.7 Å². The van der Waals surface area contributed by atoms with Crippen LogP contribution in [0, 0.1) is 0 Å². The van der Waals surface area contributed by atoms with E-state index in [0.717, 1.165) is 35.2 Å². The maximum Gasteiger partial charge on any atom is 0.236 e. The molecule has 0 saturated carbocycles. The van der Waals surface area contributed by atoms with Crippen molar-refractivity contribution in [2.45, 2.75) is 11.7 Å². The van der Waals surface area contributed by atoms with E-state index in [1.807, 2.05) is 59.2 Å². The first-order valence-electron chi connectivity index (χ1n) is 11.0. The fourth-order valence-corrected chi connectivity index (χ4v) is 5.22. The van der Waals surface area contributed by atoms with Crippen LogP contribution in [0.5, 0.6) is 0 Å². The van der Waals surface area contributed by atoms with Crippen LogP contribution in [-0.2, 0) is 16.1 Å². The number of amides is 1. The number of ether oxygens (including phenoxy) is 1. The van der Waals surface area contributed by atoms with Crippen LogP contribution >= 0.6 is 34.7 Å². The van der Waals surface area contributed by atoms with Crippen molar-refractivity contribution in [1.29, 1.82) is 0 Å². The molecule has 0 spiro atoms. The van der Waals surface area contributed by atoms with E-state index in [9.17, 15) is 4.79 Å². The quantitative estimate of drug-likeness (QED) is 0.343. The number of thioether (sulfide) groups is 1. The Labute approximate surface area is 215 Å². The molecule has 3 heterocycles. The van der Waals surface area contributed by atoms with Crippen molar-refractivity contribution < 1.29 is 9.53 Å². The number of morpholine rings is 1. The molecule has 35 heavy (non-hydrogen) atoms. The summed E-state index contributed by atoms with van der Waals surface area (Å²) in [6, 6.07) is 17.2. The average Bonchev–Trinajstić information content (AvgIpc) is 3.52. The lowest BCUT2D eigenvalue weighted by molar-refractivity contribution is -0.113. The van der Waals surface area contributed by atoms with E-state index in [0.29, 0.717) is 35.1 Å². The molecule has 0 radical (unpaired) electrons. The number of hydrogen-bond acceptors (Lipinski definition) is 9. The Morgan fingerprint density at radius 2 is 1.80 bits per heavy atom. The topological polar surface area (TPSA) is 98.1 Å². The van der Waals surface area contributed by atoms with Crippen molar-refractivity contribution in [2.24, 2.45) is 0 Å². The number of nitrogens with zero attached hydrogens (tertiary/aromatic N) is 6. The number of anilines is 1. The number of aromatic nitrogens is 5. The molecule has 1 N–H and O–H groups in total. The zero-order valence-corrected chi connectivity index (χ0v) is 21.0. The van der Waals surface area contributed by atoms with E-state index in [-0.39, 0.29) is 11.7 Å². The number of benzene rings is 2. The second-order valence-electron chi connectivity index (χ2n) is 7.71. The Kier molecular flexibility index (Phi) is 7.69. The number of carbonyl (C=O) groups is 1. The predicted octanol–water partition coefficient (Wildman–Crippen LogP) is 4.00. The molecule has 0 bridgehead atoms. The molecule has 1 amide bonds. The second kappa shape index (κ2) is 11.3. The molecule has 1 aliphatic heterocycles. The molecule has 2 aromatic heterocycles. The first-order chi connectivity index (χ1) is 17.2. The Balaban J connectivity index is 1.28. The van der Waals surface area contributed by atoms with Gasteiger partial charge in [0.1, 0.15) is 5.01 Å². The van der Waals surface area contributed by atoms with Crippen molar-refractivity contribution in [2.75, 3.05) is 37.4 Å². The molecular formula is C23H22ClN7O2S2. The number of hydrogen-bond donors (Lipinski definition) is 1. The number of nitrogens with one attached hydrogen (secondary N) is 1. The van der Waals surface area contributed by atoms with E-state index in [1.165, 1.54) is 23.1 Å². The zero-order valence-electron chi connectivity index (χ0n) is 18.6. The highest BCUT2D eigenvalue weighted by atomic mass is 35.5. The highest BCUT2D eigenvalue weighted by Gasteiger charge is 2.20. The van der Waals surface area contributed by atoms with Gasteiger partial charge in [-0.25, -0.2) is 0 Å². The summed E-state index contributed by atoms with van der Waals surface area (Å²) < 4.78 is 7.43. The lowest BCUT2D eigenvalue weighted by atomic mass is 10.2. The lowest BCUT2D eigenvalue weighted by Crippen LogP contribution is -2.36. The molecule has 1 saturated heterocycles. The Bertz CT molecular complexity index is 1270. The van der Waals surface area contributed by atoms with E-state index >= 15 is 0 Å². The maximum atomic E-state index is 12.7. The number of rotatable bonds is 8. The van der Waals surface area contributed by atoms with Crippen LogP contribution in [0.1, 0.15) is 5.82 Å². The van der Waals surface area contributed by atoms with Crippen LogP contribution < -0.4 is 5.32 Å². The van der Waals surface area contributed by atoms with Gasteiger partial charge in [-0.1, -0.05) is 65.0 Å². The largest absolute Gasteiger partial charge is 0.379 e. The Morgan fingerprint density at radius 3 is 2.57 bits per heavy atom. The van der Waals surface area contributed by atoms with Gasteiger partial charge < -0.3 is 4.74 Å². The van der Waals surface area contributed by atoms with Crippen LogP contribution in [0.4, 0.5) is 5.13 Å². The van der Waals surface area contributed by atoms with Gasteiger partial charge in [-0.2, -0.15) is 0 Å². The fourth-order valence-electron chi connectivity index (χ4n) is 3.56. The van der Waals surface area contributed by atoms with Gasteiger partial charge in [-0.05, 0) is 24.3 Å². The lowest BCUT2D eigenvalue weighted by Gasteiger charge is -2.26. The molecule has 2 aromatic carbocycles. The summed E-state index contributed by atoms with van der Waals surface area (Å²) in [4.78, 5) is 14.9. The highest BCUT2D eigenvalue weighted by molar-refractivity contribution is 7.99. The van der Waals surface area contributed by atoms with Crippen LogP contribution in [0.3, 0.4) is 0 Å². The smallest absolute Gasteiger partial charge is 0.236 e. The zero-order chi connectivity index (χ0) is 24.0. The van der Waals surface area contributed by atoms with Gasteiger partial charge >= 0.3 is 0 Å². The molecular weight excluding hydrogens is 506 g/mol. The summed E-state index contributed by atoms with van der Waals surface area (Å²) in [6.45, 7) is 3.72. The van der Waals surface area contributed by atoms with Gasteiger partial charge in [0.2, 0.25) is 11.0 Å². The molecule has 4 aromatic rings. The van der Waals surface area contributed by atoms with Gasteiger partial charge in [0.15, 0.2) is 11.0 Å². The van der Waals surface area contributed by atoms with Crippen molar-refractivity contribution in [1.82, 2.24) is 29.9 Å². The van der Waals surface area contributed by atoms with Crippen molar-refractivity contribution in [3.63, 3.8) is 0 Å². The molecule has 180 valence electrons. The maximum absolute atomic E-state index is 12.7. The summed E-state index contributed by atoms with van der Waals surface area (Å²) in [5.74, 6) is 0.767. The van der Waals surface area contributed by atoms with Gasteiger partial charge in [0.05, 0.1) is 25.5 Å². The standard InChI is InChI=1S/C23H22ClN7O2S2/c24-17-6-8-18(9-7-17)31-19(14-30-10-12-33-13-11-30)26-29-23(31)34-15-20(32)25-22-28-27-21(35-22)16-4-2-1-3-5-16/h1-9H,10-15H2,(H,25,28,32). The second-order valence-corrected chi connectivity index (χ2v) is 10.1. The van der Waals surface area contributed by atoms with Crippen LogP contribution in [0.25, 0.3) is 16.3 Å². The molecule has 0 aliphatic carbocycles.